The predicted molar refractivity (Wildman–Crippen MR) is 134 cm³/mol. The molecule has 0 spiro atoms. The molecule has 2 N–H and O–H groups in total. The summed E-state index contributed by atoms with van der Waals surface area (Å²) in [6, 6.07) is 20.1. The summed E-state index contributed by atoms with van der Waals surface area (Å²) in [5.41, 5.74) is 6.00. The fourth-order valence-electron chi connectivity index (χ4n) is 4.38. The Kier molecular flexibility index (Phi) is 5.58. The van der Waals surface area contributed by atoms with Gasteiger partial charge in [0.2, 0.25) is 5.91 Å². The number of pyridine rings is 1. The lowest BCUT2D eigenvalue weighted by molar-refractivity contribution is -0.384. The molecule has 1 aliphatic rings. The lowest BCUT2D eigenvalue weighted by Gasteiger charge is -2.24. The Labute approximate surface area is 204 Å². The van der Waals surface area contributed by atoms with Crippen LogP contribution in [0.1, 0.15) is 24.1 Å². The van der Waals surface area contributed by atoms with Crippen LogP contribution >= 0.6 is 11.6 Å². The standard InChI is InChI=1S/C26H19ClN4O4/c1-15(32)30-23(17-8-5-9-19(12-17)31(34)35)14-22(29-30)25-24(16-6-3-2-4-7-16)20-13-18(27)10-11-21(20)28-26(25)33/h2-14,23,29H,1H3,(H,28,33)/t23-/m0/s1. The molecule has 0 bridgehead atoms. The Morgan fingerprint density at radius 2 is 1.80 bits per heavy atom. The van der Waals surface area contributed by atoms with Gasteiger partial charge in [0.25, 0.3) is 11.2 Å². The molecule has 0 fully saturated rings. The first-order valence-electron chi connectivity index (χ1n) is 10.8. The normalized spacial score (nSPS) is 15.1. The minimum atomic E-state index is -0.652. The highest BCUT2D eigenvalue weighted by atomic mass is 35.5. The van der Waals surface area contributed by atoms with Crippen LogP contribution in [0.4, 0.5) is 5.69 Å². The molecule has 3 aromatic carbocycles. The van der Waals surface area contributed by atoms with Crippen molar-refractivity contribution in [1.82, 2.24) is 15.4 Å². The van der Waals surface area contributed by atoms with Crippen LogP contribution in [0, 0.1) is 10.1 Å². The van der Waals surface area contributed by atoms with Crippen molar-refractivity contribution in [3.63, 3.8) is 0 Å². The van der Waals surface area contributed by atoms with Crippen LogP contribution in [-0.2, 0) is 4.79 Å². The average Bonchev–Trinajstić information content (AvgIpc) is 3.29. The molecule has 1 atom stereocenters. The Bertz CT molecular complexity index is 1580. The van der Waals surface area contributed by atoms with Crippen LogP contribution in [-0.4, -0.2) is 20.8 Å². The van der Waals surface area contributed by atoms with Crippen LogP contribution < -0.4 is 11.0 Å². The van der Waals surface area contributed by atoms with E-state index >= 15 is 0 Å². The maximum Gasteiger partial charge on any atom is 0.269 e. The molecule has 0 saturated heterocycles. The number of H-pyrrole nitrogens is 1. The number of hydrazine groups is 1. The number of hydrogen-bond acceptors (Lipinski definition) is 5. The number of nitro groups is 1. The molecule has 0 saturated carbocycles. The fraction of sp³-hybridized carbons (Fsp3) is 0.0769. The van der Waals surface area contributed by atoms with Gasteiger partial charge in [-0.05, 0) is 35.4 Å². The molecule has 4 aromatic rings. The van der Waals surface area contributed by atoms with E-state index in [0.29, 0.717) is 32.9 Å². The summed E-state index contributed by atoms with van der Waals surface area (Å²) in [5, 5.41) is 13.9. The van der Waals surface area contributed by atoms with Gasteiger partial charge in [-0.25, -0.2) is 5.01 Å². The molecule has 1 amide bonds. The van der Waals surface area contributed by atoms with E-state index in [4.69, 9.17) is 11.6 Å². The van der Waals surface area contributed by atoms with E-state index in [0.717, 1.165) is 10.9 Å². The number of hydrogen-bond donors (Lipinski definition) is 2. The maximum absolute atomic E-state index is 13.4. The molecule has 0 aliphatic carbocycles. The van der Waals surface area contributed by atoms with Gasteiger partial charge in [-0.3, -0.25) is 25.1 Å². The van der Waals surface area contributed by atoms with Crippen molar-refractivity contribution in [1.29, 1.82) is 0 Å². The van der Waals surface area contributed by atoms with Gasteiger partial charge in [0.1, 0.15) is 0 Å². The lowest BCUT2D eigenvalue weighted by Crippen LogP contribution is -2.38. The van der Waals surface area contributed by atoms with Crippen molar-refractivity contribution in [3.8, 4) is 11.1 Å². The van der Waals surface area contributed by atoms with E-state index in [-0.39, 0.29) is 17.2 Å². The molecule has 35 heavy (non-hydrogen) atoms. The zero-order chi connectivity index (χ0) is 24.7. The van der Waals surface area contributed by atoms with Crippen molar-refractivity contribution in [3.05, 3.63) is 115 Å². The lowest BCUT2D eigenvalue weighted by atomic mass is 9.94. The second kappa shape index (κ2) is 8.73. The van der Waals surface area contributed by atoms with Crippen molar-refractivity contribution in [2.45, 2.75) is 13.0 Å². The smallest absolute Gasteiger partial charge is 0.269 e. The largest absolute Gasteiger partial charge is 0.321 e. The van der Waals surface area contributed by atoms with Gasteiger partial charge in [0.05, 0.1) is 22.2 Å². The quantitative estimate of drug-likeness (QED) is 0.304. The zero-order valence-electron chi connectivity index (χ0n) is 18.5. The fourth-order valence-corrected chi connectivity index (χ4v) is 4.55. The van der Waals surface area contributed by atoms with Gasteiger partial charge in [0.15, 0.2) is 0 Å². The number of carbonyl (C=O) groups excluding carboxylic acids is 1. The summed E-state index contributed by atoms with van der Waals surface area (Å²) in [7, 11) is 0. The van der Waals surface area contributed by atoms with Gasteiger partial charge < -0.3 is 4.98 Å². The molecule has 0 unspecified atom stereocenters. The van der Waals surface area contributed by atoms with Crippen LogP contribution in [0.15, 0.2) is 83.7 Å². The third-order valence-corrected chi connectivity index (χ3v) is 6.15. The molecular weight excluding hydrogens is 468 g/mol. The van der Waals surface area contributed by atoms with Crippen LogP contribution in [0.25, 0.3) is 27.7 Å². The van der Waals surface area contributed by atoms with E-state index in [1.165, 1.54) is 24.1 Å². The summed E-state index contributed by atoms with van der Waals surface area (Å²) in [6.45, 7) is 1.39. The highest BCUT2D eigenvalue weighted by Gasteiger charge is 2.32. The molecule has 2 heterocycles. The molecule has 0 radical (unpaired) electrons. The first kappa shape index (κ1) is 22.4. The second-order valence-electron chi connectivity index (χ2n) is 8.14. The third-order valence-electron chi connectivity index (χ3n) is 5.91. The summed E-state index contributed by atoms with van der Waals surface area (Å²) >= 11 is 6.31. The van der Waals surface area contributed by atoms with E-state index in [1.54, 1.807) is 36.4 Å². The Hall–Kier alpha value is -4.43. The number of amides is 1. The average molecular weight is 487 g/mol. The minimum absolute atomic E-state index is 0.0870. The van der Waals surface area contributed by atoms with Crippen LogP contribution in [0.5, 0.6) is 0 Å². The second-order valence-corrected chi connectivity index (χ2v) is 8.57. The van der Waals surface area contributed by atoms with Crippen molar-refractivity contribution in [2.75, 3.05) is 0 Å². The molecular formula is C26H19ClN4O4. The monoisotopic (exact) mass is 486 g/mol. The topological polar surface area (TPSA) is 108 Å². The first-order chi connectivity index (χ1) is 16.8. The van der Waals surface area contributed by atoms with Crippen LogP contribution in [0.2, 0.25) is 5.02 Å². The van der Waals surface area contributed by atoms with Crippen molar-refractivity contribution < 1.29 is 9.72 Å². The number of nitro benzene ring substituents is 1. The van der Waals surface area contributed by atoms with Gasteiger partial charge in [0, 0.05) is 40.5 Å². The number of aromatic nitrogens is 1. The third kappa shape index (κ3) is 4.04. The number of aromatic amines is 1. The summed E-state index contributed by atoms with van der Waals surface area (Å²) in [4.78, 5) is 39.6. The highest BCUT2D eigenvalue weighted by Crippen LogP contribution is 2.38. The molecule has 9 heteroatoms. The highest BCUT2D eigenvalue weighted by molar-refractivity contribution is 6.31. The molecule has 1 aliphatic heterocycles. The summed E-state index contributed by atoms with van der Waals surface area (Å²) < 4.78 is 0. The number of halogens is 1. The van der Waals surface area contributed by atoms with Crippen molar-refractivity contribution >= 4 is 39.8 Å². The predicted octanol–water partition coefficient (Wildman–Crippen LogP) is 5.21. The van der Waals surface area contributed by atoms with Gasteiger partial charge >= 0.3 is 0 Å². The molecule has 8 nitrogen and oxygen atoms in total. The summed E-state index contributed by atoms with van der Waals surface area (Å²) in [5.74, 6) is -0.311. The van der Waals surface area contributed by atoms with Gasteiger partial charge in [-0.15, -0.1) is 0 Å². The molecule has 5 rings (SSSR count). The number of nitrogens with zero attached hydrogens (tertiary/aromatic N) is 2. The molecule has 174 valence electrons. The van der Waals surface area contributed by atoms with Crippen LogP contribution in [0.3, 0.4) is 0 Å². The van der Waals surface area contributed by atoms with E-state index in [2.05, 4.69) is 10.4 Å². The number of rotatable bonds is 4. The van der Waals surface area contributed by atoms with Crippen molar-refractivity contribution in [2.24, 2.45) is 0 Å². The Morgan fingerprint density at radius 1 is 1.03 bits per heavy atom. The first-order valence-corrected chi connectivity index (χ1v) is 11.2. The van der Waals surface area contributed by atoms with Gasteiger partial charge in [-0.2, -0.15) is 0 Å². The SMILES string of the molecule is CC(=O)N1NC(c2c(-c3ccccc3)c3cc(Cl)ccc3[nH]c2=O)=C[C@H]1c1cccc([N+](=O)[O-])c1. The zero-order valence-corrected chi connectivity index (χ0v) is 19.2. The molecule has 1 aromatic heterocycles. The number of carbonyl (C=O) groups is 1. The number of nitrogens with one attached hydrogen (secondary N) is 2. The minimum Gasteiger partial charge on any atom is -0.321 e. The van der Waals surface area contributed by atoms with E-state index in [9.17, 15) is 19.7 Å². The van der Waals surface area contributed by atoms with E-state index in [1.807, 2.05) is 30.3 Å². The maximum atomic E-state index is 13.4. The Morgan fingerprint density at radius 3 is 2.51 bits per heavy atom. The number of non-ortho nitro benzene ring substituents is 1. The number of benzene rings is 3. The Balaban J connectivity index is 1.76. The van der Waals surface area contributed by atoms with E-state index < -0.39 is 11.0 Å². The van der Waals surface area contributed by atoms with Gasteiger partial charge in [-0.1, -0.05) is 54.1 Å². The summed E-state index contributed by atoms with van der Waals surface area (Å²) in [6.07, 6.45) is 1.73. The number of fused-ring (bicyclic) bond motifs is 1.